The van der Waals surface area contributed by atoms with Crippen LogP contribution in [0, 0.1) is 0 Å². The lowest BCUT2D eigenvalue weighted by Crippen LogP contribution is -2.53. The number of carbonyl (C=O) groups excluding carboxylic acids is 3. The molecule has 2 aromatic rings. The highest BCUT2D eigenvalue weighted by molar-refractivity contribution is 7.08. The van der Waals surface area contributed by atoms with Crippen molar-refractivity contribution in [2.24, 2.45) is 0 Å². The summed E-state index contributed by atoms with van der Waals surface area (Å²) < 4.78 is 5.08. The Labute approximate surface area is 142 Å². The van der Waals surface area contributed by atoms with E-state index < -0.39 is 17.8 Å². The van der Waals surface area contributed by atoms with Gasteiger partial charge in [-0.1, -0.05) is 12.1 Å². The molecule has 6 nitrogen and oxygen atoms in total. The van der Waals surface area contributed by atoms with Crippen LogP contribution in [0.15, 0.2) is 46.7 Å². The standard InChI is InChI=1S/C17H14N2O4S/c1-23-13-4-2-11(3-5-13)9-19-16(21)14(15(20)18-17(19)22)8-12-6-7-24-10-12/h2-8,10H,9H2,1H3,(H,18,20,22)/b14-8+. The smallest absolute Gasteiger partial charge is 0.331 e. The summed E-state index contributed by atoms with van der Waals surface area (Å²) in [5, 5.41) is 5.87. The highest BCUT2D eigenvalue weighted by Gasteiger charge is 2.35. The van der Waals surface area contributed by atoms with Crippen molar-refractivity contribution in [3.8, 4) is 5.75 Å². The minimum atomic E-state index is -0.719. The summed E-state index contributed by atoms with van der Waals surface area (Å²) in [5.74, 6) is -0.602. The number of benzene rings is 1. The molecule has 0 aliphatic carbocycles. The Hall–Kier alpha value is -2.93. The zero-order valence-electron chi connectivity index (χ0n) is 12.8. The van der Waals surface area contributed by atoms with Crippen molar-refractivity contribution >= 4 is 35.3 Å². The third kappa shape index (κ3) is 3.21. The van der Waals surface area contributed by atoms with E-state index in [0.29, 0.717) is 5.75 Å². The van der Waals surface area contributed by atoms with Crippen LogP contribution in [-0.4, -0.2) is 29.9 Å². The zero-order valence-corrected chi connectivity index (χ0v) is 13.6. The first-order chi connectivity index (χ1) is 11.6. The van der Waals surface area contributed by atoms with E-state index in [-0.39, 0.29) is 12.1 Å². The molecule has 7 heteroatoms. The first kappa shape index (κ1) is 15.9. The Morgan fingerprint density at radius 1 is 1.17 bits per heavy atom. The summed E-state index contributed by atoms with van der Waals surface area (Å²) in [7, 11) is 1.56. The molecule has 4 amide bonds. The van der Waals surface area contributed by atoms with Crippen LogP contribution in [0.1, 0.15) is 11.1 Å². The van der Waals surface area contributed by atoms with Crippen molar-refractivity contribution in [3.63, 3.8) is 0 Å². The maximum atomic E-state index is 12.6. The molecule has 0 bridgehead atoms. The number of barbiturate groups is 1. The van der Waals surface area contributed by atoms with Gasteiger partial charge in [0.25, 0.3) is 11.8 Å². The van der Waals surface area contributed by atoms with Crippen molar-refractivity contribution in [1.82, 2.24) is 10.2 Å². The summed E-state index contributed by atoms with van der Waals surface area (Å²) >= 11 is 1.46. The molecule has 3 rings (SSSR count). The van der Waals surface area contributed by atoms with Gasteiger partial charge >= 0.3 is 6.03 Å². The molecule has 1 saturated heterocycles. The first-order valence-corrected chi connectivity index (χ1v) is 8.07. The number of ether oxygens (including phenoxy) is 1. The number of carbonyl (C=O) groups is 3. The normalized spacial score (nSPS) is 16.5. The molecular formula is C17H14N2O4S. The Kier molecular flexibility index (Phi) is 4.43. The summed E-state index contributed by atoms with van der Waals surface area (Å²) in [6.45, 7) is 0.0723. The number of hydrogen-bond donors (Lipinski definition) is 1. The molecular weight excluding hydrogens is 328 g/mol. The number of thiophene rings is 1. The Bertz CT molecular complexity index is 810. The largest absolute Gasteiger partial charge is 0.497 e. The van der Waals surface area contributed by atoms with Gasteiger partial charge in [0.1, 0.15) is 11.3 Å². The fourth-order valence-corrected chi connectivity index (χ4v) is 2.89. The van der Waals surface area contributed by atoms with Gasteiger partial charge in [0.05, 0.1) is 13.7 Å². The lowest BCUT2D eigenvalue weighted by molar-refractivity contribution is -0.130. The maximum Gasteiger partial charge on any atom is 0.331 e. The number of imide groups is 2. The topological polar surface area (TPSA) is 75.7 Å². The molecule has 1 N–H and O–H groups in total. The third-order valence-electron chi connectivity index (χ3n) is 3.54. The number of rotatable bonds is 4. The van der Waals surface area contributed by atoms with Gasteiger partial charge in [0.2, 0.25) is 0 Å². The minimum Gasteiger partial charge on any atom is -0.497 e. The number of nitrogens with one attached hydrogen (secondary N) is 1. The second kappa shape index (κ2) is 6.67. The van der Waals surface area contributed by atoms with E-state index in [4.69, 9.17) is 4.74 Å². The van der Waals surface area contributed by atoms with Crippen molar-refractivity contribution < 1.29 is 19.1 Å². The van der Waals surface area contributed by atoms with Crippen molar-refractivity contribution in [1.29, 1.82) is 0 Å². The fraction of sp³-hybridized carbons (Fsp3) is 0.118. The summed E-state index contributed by atoms with van der Waals surface area (Å²) in [5.41, 5.74) is 1.45. The van der Waals surface area contributed by atoms with E-state index in [9.17, 15) is 14.4 Å². The van der Waals surface area contributed by atoms with Crippen LogP contribution < -0.4 is 10.1 Å². The van der Waals surface area contributed by atoms with Crippen LogP contribution in [0.2, 0.25) is 0 Å². The molecule has 1 aliphatic rings. The Morgan fingerprint density at radius 2 is 1.92 bits per heavy atom. The third-order valence-corrected chi connectivity index (χ3v) is 4.24. The van der Waals surface area contributed by atoms with E-state index in [1.54, 1.807) is 37.4 Å². The molecule has 1 aromatic carbocycles. The van der Waals surface area contributed by atoms with Crippen LogP contribution in [0.5, 0.6) is 5.75 Å². The first-order valence-electron chi connectivity index (χ1n) is 7.12. The molecule has 1 aliphatic heterocycles. The van der Waals surface area contributed by atoms with Crippen LogP contribution in [0.4, 0.5) is 4.79 Å². The van der Waals surface area contributed by atoms with Crippen molar-refractivity contribution in [2.75, 3.05) is 7.11 Å². The molecule has 0 radical (unpaired) electrons. The molecule has 0 atom stereocenters. The lowest BCUT2D eigenvalue weighted by Gasteiger charge is -2.26. The fourth-order valence-electron chi connectivity index (χ4n) is 2.27. The van der Waals surface area contributed by atoms with Crippen molar-refractivity contribution in [2.45, 2.75) is 6.54 Å². The molecule has 1 fully saturated rings. The molecule has 0 unspecified atom stereocenters. The second-order valence-corrected chi connectivity index (χ2v) is 5.89. The van der Waals surface area contributed by atoms with Gasteiger partial charge in [0, 0.05) is 0 Å². The predicted octanol–water partition coefficient (Wildman–Crippen LogP) is 2.42. The SMILES string of the molecule is COc1ccc(CN2C(=O)NC(=O)/C(=C\c3ccsc3)C2=O)cc1. The van der Waals surface area contributed by atoms with Gasteiger partial charge < -0.3 is 4.74 Å². The Balaban J connectivity index is 1.85. The number of amides is 4. The zero-order chi connectivity index (χ0) is 17.1. The summed E-state index contributed by atoms with van der Waals surface area (Å²) in [6.07, 6.45) is 1.49. The maximum absolute atomic E-state index is 12.6. The molecule has 122 valence electrons. The van der Waals surface area contributed by atoms with E-state index in [2.05, 4.69) is 5.32 Å². The van der Waals surface area contributed by atoms with Crippen LogP contribution in [-0.2, 0) is 16.1 Å². The van der Waals surface area contributed by atoms with Crippen LogP contribution in [0.3, 0.4) is 0 Å². The van der Waals surface area contributed by atoms with Crippen LogP contribution in [0.25, 0.3) is 6.08 Å². The molecule has 1 aromatic heterocycles. The number of urea groups is 1. The highest BCUT2D eigenvalue weighted by Crippen LogP contribution is 2.19. The molecule has 0 saturated carbocycles. The van der Waals surface area contributed by atoms with E-state index in [1.807, 2.05) is 10.8 Å². The van der Waals surface area contributed by atoms with Gasteiger partial charge in [-0.2, -0.15) is 11.3 Å². The highest BCUT2D eigenvalue weighted by atomic mass is 32.1. The summed E-state index contributed by atoms with van der Waals surface area (Å²) in [6, 6.07) is 8.09. The van der Waals surface area contributed by atoms with Gasteiger partial charge in [-0.15, -0.1) is 0 Å². The number of nitrogens with zero attached hydrogens (tertiary/aromatic N) is 1. The van der Waals surface area contributed by atoms with Crippen molar-refractivity contribution in [3.05, 3.63) is 57.8 Å². The van der Waals surface area contributed by atoms with Gasteiger partial charge in [-0.3, -0.25) is 19.8 Å². The van der Waals surface area contributed by atoms with Gasteiger partial charge in [-0.25, -0.2) is 4.79 Å². The van der Waals surface area contributed by atoms with Gasteiger partial charge in [-0.05, 0) is 46.2 Å². The lowest BCUT2D eigenvalue weighted by atomic mass is 10.1. The molecule has 0 spiro atoms. The number of hydrogen-bond acceptors (Lipinski definition) is 5. The number of methoxy groups -OCH3 is 1. The summed E-state index contributed by atoms with van der Waals surface area (Å²) in [4.78, 5) is 37.5. The average Bonchev–Trinajstić information content (AvgIpc) is 3.09. The van der Waals surface area contributed by atoms with E-state index >= 15 is 0 Å². The van der Waals surface area contributed by atoms with E-state index in [1.165, 1.54) is 17.4 Å². The second-order valence-electron chi connectivity index (χ2n) is 5.11. The minimum absolute atomic E-state index is 0.0542. The average molecular weight is 342 g/mol. The molecule has 2 heterocycles. The predicted molar refractivity (Wildman–Crippen MR) is 89.4 cm³/mol. The van der Waals surface area contributed by atoms with Gasteiger partial charge in [0.15, 0.2) is 0 Å². The monoisotopic (exact) mass is 342 g/mol. The quantitative estimate of drug-likeness (QED) is 0.684. The van der Waals surface area contributed by atoms with E-state index in [0.717, 1.165) is 16.0 Å². The van der Waals surface area contributed by atoms with Crippen LogP contribution >= 0.6 is 11.3 Å². The molecule has 24 heavy (non-hydrogen) atoms. The Morgan fingerprint density at radius 3 is 2.54 bits per heavy atom.